The first kappa shape index (κ1) is 23.2. The Morgan fingerprint density at radius 3 is 1.50 bits per heavy atom. The number of hydrogen-bond acceptors (Lipinski definition) is 7. The molecule has 0 bridgehead atoms. The van der Waals surface area contributed by atoms with Crippen molar-refractivity contribution >= 4 is 5.91 Å². The summed E-state index contributed by atoms with van der Waals surface area (Å²) in [7, 11) is 0. The van der Waals surface area contributed by atoms with E-state index in [4.69, 9.17) is 29.4 Å². The van der Waals surface area contributed by atoms with Crippen LogP contribution in [0, 0.1) is 5.92 Å². The summed E-state index contributed by atoms with van der Waals surface area (Å²) in [5.74, 6) is 0.0438. The second-order valence-electron chi connectivity index (χ2n) is 5.30. The number of carbonyl (C=O) groups excluding carboxylic acids is 1. The smallest absolute Gasteiger partial charge is 0.222 e. The summed E-state index contributed by atoms with van der Waals surface area (Å²) in [6.07, 6.45) is 0. The number of ether oxygens (including phenoxy) is 5. The van der Waals surface area contributed by atoms with E-state index in [2.05, 4.69) is 5.32 Å². The molecule has 0 unspecified atom stereocenters. The van der Waals surface area contributed by atoms with Crippen molar-refractivity contribution in [1.29, 1.82) is 0 Å². The summed E-state index contributed by atoms with van der Waals surface area (Å²) < 4.78 is 26.5. The molecule has 0 aromatic heterocycles. The summed E-state index contributed by atoms with van der Waals surface area (Å²) in [6.45, 7) is 10.1. The minimum atomic E-state index is 0.00299. The molecule has 0 aliphatic carbocycles. The molecule has 0 atom stereocenters. The normalized spacial score (nSPS) is 11.2. The Kier molecular flexibility index (Phi) is 18.0. The van der Waals surface area contributed by atoms with Crippen LogP contribution in [0.2, 0.25) is 0 Å². The number of carbonyl (C=O) groups is 1. The lowest BCUT2D eigenvalue weighted by molar-refractivity contribution is -0.124. The molecular weight excluding hydrogens is 316 g/mol. The van der Waals surface area contributed by atoms with Crippen molar-refractivity contribution in [1.82, 2.24) is 5.32 Å². The summed E-state index contributed by atoms with van der Waals surface area (Å²) in [6, 6.07) is 0. The standard InChI is InChI=1S/C16H34N2O6/c1-15(2)16(19)18-4-6-21-8-10-23-12-14-24-13-11-22-9-7-20-5-3-17/h15H,3-14,17H2,1-2H3,(H,18,19). The molecule has 0 aliphatic rings. The number of amides is 1. The molecule has 3 N–H and O–H groups in total. The van der Waals surface area contributed by atoms with Crippen LogP contribution in [-0.2, 0) is 28.5 Å². The molecule has 8 nitrogen and oxygen atoms in total. The van der Waals surface area contributed by atoms with Crippen molar-refractivity contribution in [3.05, 3.63) is 0 Å². The maximum atomic E-state index is 11.3. The van der Waals surface area contributed by atoms with Gasteiger partial charge in [0.15, 0.2) is 0 Å². The Hall–Kier alpha value is -0.770. The maximum absolute atomic E-state index is 11.3. The Morgan fingerprint density at radius 1 is 0.750 bits per heavy atom. The van der Waals surface area contributed by atoms with Gasteiger partial charge in [-0.3, -0.25) is 4.79 Å². The first-order valence-corrected chi connectivity index (χ1v) is 8.55. The fourth-order valence-electron chi connectivity index (χ4n) is 1.52. The van der Waals surface area contributed by atoms with E-state index >= 15 is 0 Å². The van der Waals surface area contributed by atoms with Crippen molar-refractivity contribution in [3.63, 3.8) is 0 Å². The lowest BCUT2D eigenvalue weighted by Crippen LogP contribution is -2.31. The van der Waals surface area contributed by atoms with Crippen molar-refractivity contribution in [2.75, 3.05) is 79.2 Å². The molecule has 0 aliphatic heterocycles. The van der Waals surface area contributed by atoms with Crippen LogP contribution in [0.3, 0.4) is 0 Å². The number of rotatable bonds is 18. The Morgan fingerprint density at radius 2 is 1.12 bits per heavy atom. The predicted molar refractivity (Wildman–Crippen MR) is 91.0 cm³/mol. The molecule has 24 heavy (non-hydrogen) atoms. The van der Waals surface area contributed by atoms with Crippen LogP contribution in [0.1, 0.15) is 13.8 Å². The summed E-state index contributed by atoms with van der Waals surface area (Å²) in [5, 5.41) is 2.78. The largest absolute Gasteiger partial charge is 0.378 e. The first-order chi connectivity index (χ1) is 11.7. The van der Waals surface area contributed by atoms with Gasteiger partial charge >= 0.3 is 0 Å². The van der Waals surface area contributed by atoms with Crippen LogP contribution in [0.25, 0.3) is 0 Å². The lowest BCUT2D eigenvalue weighted by Gasteiger charge is -2.09. The van der Waals surface area contributed by atoms with E-state index in [-0.39, 0.29) is 11.8 Å². The highest BCUT2D eigenvalue weighted by atomic mass is 16.6. The fourth-order valence-corrected chi connectivity index (χ4v) is 1.52. The monoisotopic (exact) mass is 350 g/mol. The zero-order valence-electron chi connectivity index (χ0n) is 15.1. The van der Waals surface area contributed by atoms with Crippen molar-refractivity contribution in [2.24, 2.45) is 11.7 Å². The number of nitrogens with one attached hydrogen (secondary N) is 1. The molecule has 0 saturated carbocycles. The van der Waals surface area contributed by atoms with Crippen molar-refractivity contribution in [3.8, 4) is 0 Å². The van der Waals surface area contributed by atoms with Crippen molar-refractivity contribution in [2.45, 2.75) is 13.8 Å². The third-order valence-corrected chi connectivity index (χ3v) is 2.82. The molecule has 0 aromatic rings. The molecule has 0 fully saturated rings. The van der Waals surface area contributed by atoms with Gasteiger partial charge in [0, 0.05) is 19.0 Å². The van der Waals surface area contributed by atoms with Gasteiger partial charge in [-0.05, 0) is 0 Å². The van der Waals surface area contributed by atoms with Gasteiger partial charge in [0.05, 0.1) is 66.1 Å². The van der Waals surface area contributed by atoms with Gasteiger partial charge < -0.3 is 34.7 Å². The van der Waals surface area contributed by atoms with Gasteiger partial charge in [-0.1, -0.05) is 13.8 Å². The van der Waals surface area contributed by atoms with Crippen LogP contribution in [0.15, 0.2) is 0 Å². The van der Waals surface area contributed by atoms with Crippen LogP contribution in [0.4, 0.5) is 0 Å². The highest BCUT2D eigenvalue weighted by Gasteiger charge is 2.04. The first-order valence-electron chi connectivity index (χ1n) is 8.55. The third kappa shape index (κ3) is 17.6. The van der Waals surface area contributed by atoms with Crippen LogP contribution in [0.5, 0.6) is 0 Å². The zero-order chi connectivity index (χ0) is 17.9. The third-order valence-electron chi connectivity index (χ3n) is 2.82. The summed E-state index contributed by atoms with van der Waals surface area (Å²) in [4.78, 5) is 11.3. The second kappa shape index (κ2) is 18.6. The fraction of sp³-hybridized carbons (Fsp3) is 0.938. The molecule has 144 valence electrons. The van der Waals surface area contributed by atoms with E-state index in [1.165, 1.54) is 0 Å². The van der Waals surface area contributed by atoms with Crippen LogP contribution < -0.4 is 11.1 Å². The van der Waals surface area contributed by atoms with Gasteiger partial charge in [0.1, 0.15) is 0 Å². The lowest BCUT2D eigenvalue weighted by atomic mass is 10.2. The van der Waals surface area contributed by atoms with Crippen LogP contribution in [-0.4, -0.2) is 85.1 Å². The SMILES string of the molecule is CC(C)C(=O)NCCOCCOCCOCCOCCOCCN. The summed E-state index contributed by atoms with van der Waals surface area (Å²) in [5.41, 5.74) is 5.29. The van der Waals surface area contributed by atoms with E-state index in [1.807, 2.05) is 13.8 Å². The van der Waals surface area contributed by atoms with E-state index in [0.29, 0.717) is 79.2 Å². The maximum Gasteiger partial charge on any atom is 0.222 e. The van der Waals surface area contributed by atoms with E-state index in [0.717, 1.165) is 0 Å². The number of nitrogens with two attached hydrogens (primary N) is 1. The quantitative estimate of drug-likeness (QED) is 0.330. The molecule has 0 saturated heterocycles. The van der Waals surface area contributed by atoms with E-state index < -0.39 is 0 Å². The van der Waals surface area contributed by atoms with Gasteiger partial charge in [-0.2, -0.15) is 0 Å². The minimum absolute atomic E-state index is 0.00299. The van der Waals surface area contributed by atoms with Gasteiger partial charge in [-0.25, -0.2) is 0 Å². The minimum Gasteiger partial charge on any atom is -0.378 e. The Balaban J connectivity index is 3.04. The van der Waals surface area contributed by atoms with Gasteiger partial charge in [-0.15, -0.1) is 0 Å². The molecule has 8 heteroatoms. The molecule has 0 radical (unpaired) electrons. The highest BCUT2D eigenvalue weighted by molar-refractivity contribution is 5.77. The average molecular weight is 350 g/mol. The molecule has 0 aromatic carbocycles. The summed E-state index contributed by atoms with van der Waals surface area (Å²) >= 11 is 0. The molecule has 1 amide bonds. The van der Waals surface area contributed by atoms with Gasteiger partial charge in [0.2, 0.25) is 5.91 Å². The van der Waals surface area contributed by atoms with Crippen molar-refractivity contribution < 1.29 is 28.5 Å². The molecular formula is C16H34N2O6. The van der Waals surface area contributed by atoms with Crippen LogP contribution >= 0.6 is 0 Å². The van der Waals surface area contributed by atoms with E-state index in [9.17, 15) is 4.79 Å². The molecule has 0 rings (SSSR count). The van der Waals surface area contributed by atoms with Gasteiger partial charge in [0.25, 0.3) is 0 Å². The number of hydrogen-bond donors (Lipinski definition) is 2. The second-order valence-corrected chi connectivity index (χ2v) is 5.30. The Labute approximate surface area is 145 Å². The Bertz CT molecular complexity index is 279. The predicted octanol–water partition coefficient (Wildman–Crippen LogP) is -0.200. The topological polar surface area (TPSA) is 101 Å². The zero-order valence-corrected chi connectivity index (χ0v) is 15.1. The molecule has 0 heterocycles. The molecule has 0 spiro atoms. The highest BCUT2D eigenvalue weighted by Crippen LogP contribution is 1.89. The van der Waals surface area contributed by atoms with E-state index in [1.54, 1.807) is 0 Å². The average Bonchev–Trinajstić information content (AvgIpc) is 2.57.